The van der Waals surface area contributed by atoms with Gasteiger partial charge >= 0.3 is 6.18 Å². The number of rotatable bonds is 6. The number of alkyl halides is 3. The van der Waals surface area contributed by atoms with Crippen molar-refractivity contribution in [3.8, 4) is 5.75 Å². The van der Waals surface area contributed by atoms with Gasteiger partial charge in [-0.2, -0.15) is 13.2 Å². The van der Waals surface area contributed by atoms with Gasteiger partial charge in [0.15, 0.2) is 6.10 Å². The summed E-state index contributed by atoms with van der Waals surface area (Å²) in [6.45, 7) is 5.70. The van der Waals surface area contributed by atoms with Gasteiger partial charge in [0, 0.05) is 5.69 Å². The fourth-order valence-corrected chi connectivity index (χ4v) is 2.47. The maximum absolute atomic E-state index is 12.6. The summed E-state index contributed by atoms with van der Waals surface area (Å²) in [5.74, 6) is 0.133. The lowest BCUT2D eigenvalue weighted by Crippen LogP contribution is -2.30. The molecule has 0 saturated heterocycles. The van der Waals surface area contributed by atoms with Crippen LogP contribution in [0.15, 0.2) is 48.5 Å². The number of benzene rings is 2. The third-order valence-corrected chi connectivity index (χ3v) is 4.23. The van der Waals surface area contributed by atoms with E-state index in [2.05, 4.69) is 19.2 Å². The average molecular weight is 365 g/mol. The summed E-state index contributed by atoms with van der Waals surface area (Å²) in [4.78, 5) is 12.4. The highest BCUT2D eigenvalue weighted by atomic mass is 19.4. The van der Waals surface area contributed by atoms with Crippen molar-refractivity contribution in [3.05, 3.63) is 59.7 Å². The average Bonchev–Trinajstić information content (AvgIpc) is 2.61. The maximum Gasteiger partial charge on any atom is 0.416 e. The molecule has 2 aromatic carbocycles. The smallest absolute Gasteiger partial charge is 0.416 e. The van der Waals surface area contributed by atoms with Gasteiger partial charge in [0.25, 0.3) is 5.91 Å². The van der Waals surface area contributed by atoms with E-state index < -0.39 is 17.8 Å². The summed E-state index contributed by atoms with van der Waals surface area (Å²) in [5.41, 5.74) is 0.990. The molecule has 0 aromatic heterocycles. The van der Waals surface area contributed by atoms with E-state index in [0.29, 0.717) is 0 Å². The first kappa shape index (κ1) is 19.8. The highest BCUT2D eigenvalue weighted by Gasteiger charge is 2.30. The Morgan fingerprint density at radius 2 is 1.69 bits per heavy atom. The molecule has 0 bridgehead atoms. The number of ether oxygens (including phenoxy) is 1. The molecule has 140 valence electrons. The van der Waals surface area contributed by atoms with E-state index in [0.717, 1.165) is 29.8 Å². The number of anilines is 1. The molecule has 26 heavy (non-hydrogen) atoms. The molecule has 0 heterocycles. The molecule has 0 aliphatic carbocycles. The summed E-state index contributed by atoms with van der Waals surface area (Å²) in [6, 6.07) is 11.8. The first-order valence-electron chi connectivity index (χ1n) is 8.46. The Labute approximate surface area is 151 Å². The van der Waals surface area contributed by atoms with Gasteiger partial charge in [0.2, 0.25) is 0 Å². The normalized spacial score (nSPS) is 13.8. The maximum atomic E-state index is 12.6. The van der Waals surface area contributed by atoms with E-state index in [1.807, 2.05) is 24.3 Å². The van der Waals surface area contributed by atoms with Gasteiger partial charge in [0.1, 0.15) is 5.75 Å². The molecule has 2 rings (SSSR count). The summed E-state index contributed by atoms with van der Waals surface area (Å²) in [5, 5.41) is 2.84. The zero-order valence-corrected chi connectivity index (χ0v) is 14.9. The zero-order chi connectivity index (χ0) is 19.3. The van der Waals surface area contributed by atoms with Crippen molar-refractivity contribution in [1.82, 2.24) is 0 Å². The van der Waals surface area contributed by atoms with Crippen molar-refractivity contribution in [2.24, 2.45) is 0 Å². The fourth-order valence-electron chi connectivity index (χ4n) is 2.47. The molecule has 0 radical (unpaired) electrons. The SMILES string of the molecule is CC[C@@H](C)c1ccccc1NC(=O)[C@H](C)Oc1ccc(C(F)(F)F)cc1. The lowest BCUT2D eigenvalue weighted by molar-refractivity contribution is -0.137. The highest BCUT2D eigenvalue weighted by Crippen LogP contribution is 2.30. The number of para-hydroxylation sites is 1. The minimum absolute atomic E-state index is 0.205. The zero-order valence-electron chi connectivity index (χ0n) is 14.9. The Morgan fingerprint density at radius 3 is 2.27 bits per heavy atom. The quantitative estimate of drug-likeness (QED) is 0.721. The van der Waals surface area contributed by atoms with E-state index >= 15 is 0 Å². The van der Waals surface area contributed by atoms with E-state index in [-0.39, 0.29) is 17.6 Å². The van der Waals surface area contributed by atoms with Crippen molar-refractivity contribution in [2.75, 3.05) is 5.32 Å². The largest absolute Gasteiger partial charge is 0.481 e. The van der Waals surface area contributed by atoms with Crippen LogP contribution in [-0.2, 0) is 11.0 Å². The number of nitrogens with one attached hydrogen (secondary N) is 1. The number of hydrogen-bond donors (Lipinski definition) is 1. The van der Waals surface area contributed by atoms with Crippen LogP contribution in [0, 0.1) is 0 Å². The minimum atomic E-state index is -4.40. The molecule has 0 fully saturated rings. The van der Waals surface area contributed by atoms with Crippen LogP contribution in [0.1, 0.15) is 44.2 Å². The van der Waals surface area contributed by atoms with Gasteiger partial charge in [0.05, 0.1) is 5.56 Å². The predicted molar refractivity (Wildman–Crippen MR) is 95.3 cm³/mol. The van der Waals surface area contributed by atoms with E-state index in [4.69, 9.17) is 4.74 Å². The first-order chi connectivity index (χ1) is 12.2. The summed E-state index contributed by atoms with van der Waals surface area (Å²) in [6.07, 6.45) is -4.32. The molecule has 0 aliphatic rings. The molecule has 6 heteroatoms. The molecular formula is C20H22F3NO2. The van der Waals surface area contributed by atoms with Gasteiger partial charge in [-0.25, -0.2) is 0 Å². The van der Waals surface area contributed by atoms with Gasteiger partial charge in [-0.3, -0.25) is 4.79 Å². The highest BCUT2D eigenvalue weighted by molar-refractivity contribution is 5.94. The third kappa shape index (κ3) is 5.00. The molecule has 2 atom stereocenters. The Hall–Kier alpha value is -2.50. The second-order valence-electron chi connectivity index (χ2n) is 6.17. The predicted octanol–water partition coefficient (Wildman–Crippen LogP) is 5.62. The Kier molecular flexibility index (Phi) is 6.29. The first-order valence-corrected chi connectivity index (χ1v) is 8.46. The van der Waals surface area contributed by atoms with Crippen molar-refractivity contribution < 1.29 is 22.7 Å². The number of carbonyl (C=O) groups is 1. The standard InChI is InChI=1S/C20H22F3NO2/c1-4-13(2)17-7-5-6-8-18(17)24-19(25)14(3)26-16-11-9-15(10-12-16)20(21,22)23/h5-14H,4H2,1-3H3,(H,24,25)/t13-,14+/m1/s1. The number of amides is 1. The van der Waals surface area contributed by atoms with E-state index in [9.17, 15) is 18.0 Å². The number of carbonyl (C=O) groups excluding carboxylic acids is 1. The Morgan fingerprint density at radius 1 is 1.08 bits per heavy atom. The summed E-state index contributed by atoms with van der Waals surface area (Å²) >= 11 is 0. The topological polar surface area (TPSA) is 38.3 Å². The van der Waals surface area contributed by atoms with Crippen LogP contribution in [0.2, 0.25) is 0 Å². The van der Waals surface area contributed by atoms with Gasteiger partial charge in [-0.15, -0.1) is 0 Å². The molecule has 3 nitrogen and oxygen atoms in total. The van der Waals surface area contributed by atoms with Crippen LogP contribution in [0.25, 0.3) is 0 Å². The lowest BCUT2D eigenvalue weighted by atomic mass is 9.97. The second-order valence-corrected chi connectivity index (χ2v) is 6.17. The number of hydrogen-bond acceptors (Lipinski definition) is 2. The van der Waals surface area contributed by atoms with Crippen molar-refractivity contribution in [3.63, 3.8) is 0 Å². The van der Waals surface area contributed by atoms with Crippen LogP contribution >= 0.6 is 0 Å². The van der Waals surface area contributed by atoms with Crippen LogP contribution in [0.3, 0.4) is 0 Å². The molecule has 1 amide bonds. The Bertz CT molecular complexity index is 741. The third-order valence-electron chi connectivity index (χ3n) is 4.23. The van der Waals surface area contributed by atoms with Crippen molar-refractivity contribution >= 4 is 11.6 Å². The van der Waals surface area contributed by atoms with Crippen LogP contribution in [0.4, 0.5) is 18.9 Å². The van der Waals surface area contributed by atoms with Crippen LogP contribution in [-0.4, -0.2) is 12.0 Å². The fraction of sp³-hybridized carbons (Fsp3) is 0.350. The van der Waals surface area contributed by atoms with Crippen LogP contribution < -0.4 is 10.1 Å². The second kappa shape index (κ2) is 8.25. The van der Waals surface area contributed by atoms with Crippen molar-refractivity contribution in [1.29, 1.82) is 0 Å². The van der Waals surface area contributed by atoms with Gasteiger partial charge in [-0.1, -0.05) is 32.0 Å². The molecule has 0 aliphatic heterocycles. The van der Waals surface area contributed by atoms with Crippen molar-refractivity contribution in [2.45, 2.75) is 45.4 Å². The van der Waals surface area contributed by atoms with Gasteiger partial charge in [-0.05, 0) is 55.2 Å². The minimum Gasteiger partial charge on any atom is -0.481 e. The van der Waals surface area contributed by atoms with E-state index in [1.54, 1.807) is 6.92 Å². The molecule has 0 saturated carbocycles. The molecule has 2 aromatic rings. The Balaban J connectivity index is 2.04. The van der Waals surface area contributed by atoms with Gasteiger partial charge < -0.3 is 10.1 Å². The van der Waals surface area contributed by atoms with Crippen LogP contribution in [0.5, 0.6) is 5.75 Å². The molecular weight excluding hydrogens is 343 g/mol. The number of halogens is 3. The molecule has 1 N–H and O–H groups in total. The summed E-state index contributed by atoms with van der Waals surface area (Å²) in [7, 11) is 0. The summed E-state index contributed by atoms with van der Waals surface area (Å²) < 4.78 is 43.2. The molecule has 0 unspecified atom stereocenters. The van der Waals surface area contributed by atoms with E-state index in [1.165, 1.54) is 12.1 Å². The lowest BCUT2D eigenvalue weighted by Gasteiger charge is -2.19. The monoisotopic (exact) mass is 365 g/mol. The molecule has 0 spiro atoms.